The van der Waals surface area contributed by atoms with Crippen LogP contribution in [-0.4, -0.2) is 11.9 Å². The minimum Gasteiger partial charge on any atom is -0.468 e. The van der Waals surface area contributed by atoms with Gasteiger partial charge in [0.1, 0.15) is 5.76 Å². The molecule has 2 nitrogen and oxygen atoms in total. The van der Waals surface area contributed by atoms with Crippen molar-refractivity contribution in [1.29, 1.82) is 0 Å². The van der Waals surface area contributed by atoms with E-state index in [0.29, 0.717) is 12.0 Å². The van der Waals surface area contributed by atoms with E-state index in [1.807, 2.05) is 12.1 Å². The van der Waals surface area contributed by atoms with Crippen LogP contribution < -0.4 is 0 Å². The van der Waals surface area contributed by atoms with E-state index in [4.69, 9.17) is 4.42 Å². The molecule has 1 aromatic carbocycles. The van der Waals surface area contributed by atoms with E-state index >= 15 is 0 Å². The van der Waals surface area contributed by atoms with Gasteiger partial charge >= 0.3 is 0 Å². The normalized spacial score (nSPS) is 13.2. The molecule has 0 spiro atoms. The number of nitrogens with zero attached hydrogens (tertiary/aromatic N) is 1. The molecule has 2 aromatic rings. The molecule has 0 bridgehead atoms. The van der Waals surface area contributed by atoms with Crippen LogP contribution in [0.4, 0.5) is 0 Å². The first-order valence-electron chi connectivity index (χ1n) is 6.90. The van der Waals surface area contributed by atoms with Crippen LogP contribution in [0.2, 0.25) is 0 Å². The SMILES string of the molecule is CC(C)c1ccc(C(C)N(C)Cc2ccco2)cc1. The Labute approximate surface area is 116 Å². The number of hydrogen-bond donors (Lipinski definition) is 0. The molecule has 2 rings (SSSR count). The molecule has 1 heterocycles. The topological polar surface area (TPSA) is 16.4 Å². The van der Waals surface area contributed by atoms with Crippen molar-refractivity contribution in [2.24, 2.45) is 0 Å². The maximum atomic E-state index is 5.40. The molecule has 0 radical (unpaired) electrons. The van der Waals surface area contributed by atoms with Crippen molar-refractivity contribution in [3.8, 4) is 0 Å². The highest BCUT2D eigenvalue weighted by molar-refractivity contribution is 5.26. The second kappa shape index (κ2) is 6.07. The Morgan fingerprint density at radius 2 is 1.63 bits per heavy atom. The Morgan fingerprint density at radius 1 is 1.00 bits per heavy atom. The molecule has 0 aliphatic carbocycles. The van der Waals surface area contributed by atoms with E-state index in [9.17, 15) is 0 Å². The molecule has 1 atom stereocenters. The van der Waals surface area contributed by atoms with Gasteiger partial charge in [0.05, 0.1) is 12.8 Å². The van der Waals surface area contributed by atoms with Gasteiger partial charge in [0.25, 0.3) is 0 Å². The molecule has 102 valence electrons. The van der Waals surface area contributed by atoms with E-state index in [0.717, 1.165) is 12.3 Å². The molecular weight excluding hydrogens is 234 g/mol. The summed E-state index contributed by atoms with van der Waals surface area (Å²) in [5.74, 6) is 1.60. The summed E-state index contributed by atoms with van der Waals surface area (Å²) in [5, 5.41) is 0. The zero-order valence-corrected chi connectivity index (χ0v) is 12.3. The maximum absolute atomic E-state index is 5.40. The molecule has 0 fully saturated rings. The lowest BCUT2D eigenvalue weighted by Crippen LogP contribution is -2.21. The van der Waals surface area contributed by atoms with E-state index in [1.54, 1.807) is 6.26 Å². The molecule has 0 aliphatic heterocycles. The largest absolute Gasteiger partial charge is 0.468 e. The molecule has 0 saturated heterocycles. The summed E-state index contributed by atoms with van der Waals surface area (Å²) in [7, 11) is 2.13. The average molecular weight is 257 g/mol. The van der Waals surface area contributed by atoms with Gasteiger partial charge in [-0.2, -0.15) is 0 Å². The maximum Gasteiger partial charge on any atom is 0.117 e. The lowest BCUT2D eigenvalue weighted by Gasteiger charge is -2.24. The van der Waals surface area contributed by atoms with E-state index in [2.05, 4.69) is 57.0 Å². The summed E-state index contributed by atoms with van der Waals surface area (Å²) in [6, 6.07) is 13.3. The highest BCUT2D eigenvalue weighted by atomic mass is 16.3. The fourth-order valence-corrected chi connectivity index (χ4v) is 2.20. The fraction of sp³-hybridized carbons (Fsp3) is 0.412. The summed E-state index contributed by atoms with van der Waals surface area (Å²) in [6.07, 6.45) is 1.73. The molecule has 0 N–H and O–H groups in total. The molecule has 1 unspecified atom stereocenters. The first-order valence-corrected chi connectivity index (χ1v) is 6.90. The highest BCUT2D eigenvalue weighted by Crippen LogP contribution is 2.23. The third kappa shape index (κ3) is 3.48. The van der Waals surface area contributed by atoms with Gasteiger partial charge in [-0.1, -0.05) is 38.1 Å². The lowest BCUT2D eigenvalue weighted by atomic mass is 9.99. The standard InChI is InChI=1S/C17H23NO/c1-13(2)15-7-9-16(10-8-15)14(3)18(4)12-17-6-5-11-19-17/h5-11,13-14H,12H2,1-4H3. The molecule has 1 aromatic heterocycles. The van der Waals surface area contributed by atoms with Gasteiger partial charge in [-0.3, -0.25) is 4.90 Å². The first-order chi connectivity index (χ1) is 9.08. The molecule has 0 saturated carbocycles. The zero-order valence-electron chi connectivity index (χ0n) is 12.3. The average Bonchev–Trinajstić information content (AvgIpc) is 2.90. The quantitative estimate of drug-likeness (QED) is 0.778. The van der Waals surface area contributed by atoms with Crippen molar-refractivity contribution in [2.45, 2.75) is 39.3 Å². The second-order valence-corrected chi connectivity index (χ2v) is 5.49. The lowest BCUT2D eigenvalue weighted by molar-refractivity contribution is 0.232. The number of hydrogen-bond acceptors (Lipinski definition) is 2. The van der Waals surface area contributed by atoms with Crippen LogP contribution in [0.15, 0.2) is 47.1 Å². The van der Waals surface area contributed by atoms with Crippen molar-refractivity contribution in [3.63, 3.8) is 0 Å². The van der Waals surface area contributed by atoms with Crippen molar-refractivity contribution in [3.05, 3.63) is 59.5 Å². The van der Waals surface area contributed by atoms with Gasteiger partial charge in [0, 0.05) is 6.04 Å². The number of benzene rings is 1. The van der Waals surface area contributed by atoms with Crippen molar-refractivity contribution >= 4 is 0 Å². The number of furan rings is 1. The van der Waals surface area contributed by atoms with E-state index in [1.165, 1.54) is 11.1 Å². The molecular formula is C17H23NO. The second-order valence-electron chi connectivity index (χ2n) is 5.49. The van der Waals surface area contributed by atoms with Gasteiger partial charge in [-0.15, -0.1) is 0 Å². The van der Waals surface area contributed by atoms with Gasteiger partial charge in [0.2, 0.25) is 0 Å². The smallest absolute Gasteiger partial charge is 0.117 e. The molecule has 19 heavy (non-hydrogen) atoms. The summed E-state index contributed by atoms with van der Waals surface area (Å²) in [4.78, 5) is 2.29. The molecule has 0 aliphatic rings. The van der Waals surface area contributed by atoms with Crippen LogP contribution in [0.5, 0.6) is 0 Å². The predicted molar refractivity (Wildman–Crippen MR) is 79.1 cm³/mol. The van der Waals surface area contributed by atoms with Crippen LogP contribution >= 0.6 is 0 Å². The van der Waals surface area contributed by atoms with E-state index < -0.39 is 0 Å². The summed E-state index contributed by atoms with van der Waals surface area (Å²) in [6.45, 7) is 7.51. The number of rotatable bonds is 5. The van der Waals surface area contributed by atoms with Crippen LogP contribution in [-0.2, 0) is 6.54 Å². The van der Waals surface area contributed by atoms with Gasteiger partial charge in [-0.05, 0) is 43.1 Å². The van der Waals surface area contributed by atoms with Crippen LogP contribution in [0.1, 0.15) is 49.6 Å². The Kier molecular flexibility index (Phi) is 4.43. The fourth-order valence-electron chi connectivity index (χ4n) is 2.20. The third-order valence-corrected chi connectivity index (χ3v) is 3.73. The Balaban J connectivity index is 2.04. The molecule has 0 amide bonds. The summed E-state index contributed by atoms with van der Waals surface area (Å²) < 4.78 is 5.40. The Bertz CT molecular complexity index is 484. The summed E-state index contributed by atoms with van der Waals surface area (Å²) in [5.41, 5.74) is 2.74. The Hall–Kier alpha value is -1.54. The van der Waals surface area contributed by atoms with Crippen molar-refractivity contribution < 1.29 is 4.42 Å². The van der Waals surface area contributed by atoms with Crippen LogP contribution in [0, 0.1) is 0 Å². The minimum atomic E-state index is 0.381. The van der Waals surface area contributed by atoms with Crippen molar-refractivity contribution in [1.82, 2.24) is 4.90 Å². The van der Waals surface area contributed by atoms with Crippen molar-refractivity contribution in [2.75, 3.05) is 7.05 Å². The van der Waals surface area contributed by atoms with Crippen LogP contribution in [0.25, 0.3) is 0 Å². The third-order valence-electron chi connectivity index (χ3n) is 3.73. The predicted octanol–water partition coefficient (Wildman–Crippen LogP) is 4.60. The summed E-state index contributed by atoms with van der Waals surface area (Å²) >= 11 is 0. The first kappa shape index (κ1) is 13.9. The monoisotopic (exact) mass is 257 g/mol. The van der Waals surface area contributed by atoms with Crippen LogP contribution in [0.3, 0.4) is 0 Å². The minimum absolute atomic E-state index is 0.381. The highest BCUT2D eigenvalue weighted by Gasteiger charge is 2.13. The Morgan fingerprint density at radius 3 is 2.16 bits per heavy atom. The van der Waals surface area contributed by atoms with E-state index in [-0.39, 0.29) is 0 Å². The molecule has 2 heteroatoms. The van der Waals surface area contributed by atoms with Gasteiger partial charge in [0.15, 0.2) is 0 Å². The van der Waals surface area contributed by atoms with Gasteiger partial charge < -0.3 is 4.42 Å². The zero-order chi connectivity index (χ0) is 13.8. The van der Waals surface area contributed by atoms with Gasteiger partial charge in [-0.25, -0.2) is 0 Å².